The van der Waals surface area contributed by atoms with Crippen LogP contribution in [0.25, 0.3) is 0 Å². The van der Waals surface area contributed by atoms with Gasteiger partial charge < -0.3 is 20.1 Å². The van der Waals surface area contributed by atoms with Gasteiger partial charge >= 0.3 is 0 Å². The highest BCUT2D eigenvalue weighted by Gasteiger charge is 2.25. The maximum absolute atomic E-state index is 13.5. The van der Waals surface area contributed by atoms with Gasteiger partial charge in [-0.2, -0.15) is 0 Å². The lowest BCUT2D eigenvalue weighted by Gasteiger charge is -2.29. The van der Waals surface area contributed by atoms with E-state index in [0.717, 1.165) is 12.8 Å². The van der Waals surface area contributed by atoms with Crippen molar-refractivity contribution in [2.24, 2.45) is 5.92 Å². The van der Waals surface area contributed by atoms with Gasteiger partial charge in [0, 0.05) is 18.8 Å². The number of amides is 1. The van der Waals surface area contributed by atoms with Crippen LogP contribution >= 0.6 is 0 Å². The molecule has 2 aliphatic rings. The molecule has 0 saturated heterocycles. The molecule has 0 aromatic heterocycles. The largest absolute Gasteiger partial charge is 0.493 e. The van der Waals surface area contributed by atoms with Gasteiger partial charge in [-0.1, -0.05) is 24.3 Å². The van der Waals surface area contributed by atoms with Crippen LogP contribution in [0.4, 0.5) is 4.39 Å². The summed E-state index contributed by atoms with van der Waals surface area (Å²) in [6, 6.07) is 12.2. The van der Waals surface area contributed by atoms with Crippen LogP contribution in [0.1, 0.15) is 36.4 Å². The van der Waals surface area contributed by atoms with Crippen LogP contribution in [0, 0.1) is 11.7 Å². The topological polar surface area (TPSA) is 108 Å². The Balaban J connectivity index is 1.46. The molecule has 2 atom stereocenters. The Morgan fingerprint density at radius 1 is 1.18 bits per heavy atom. The van der Waals surface area contributed by atoms with Gasteiger partial charge in [0.05, 0.1) is 18.4 Å². The van der Waals surface area contributed by atoms with Gasteiger partial charge in [0.25, 0.3) is 0 Å². The highest BCUT2D eigenvalue weighted by Crippen LogP contribution is 2.31. The highest BCUT2D eigenvalue weighted by molar-refractivity contribution is 7.89. The van der Waals surface area contributed by atoms with Crippen LogP contribution < -0.4 is 14.8 Å². The van der Waals surface area contributed by atoms with Gasteiger partial charge in [-0.3, -0.25) is 4.79 Å². The number of hydrogen-bond acceptors (Lipinski definition) is 6. The number of aliphatic hydroxyl groups is 1. The normalized spacial score (nSPS) is 19.1. The first-order chi connectivity index (χ1) is 16.3. The lowest BCUT2D eigenvalue weighted by molar-refractivity contribution is -0.124. The van der Waals surface area contributed by atoms with Crippen molar-refractivity contribution in [3.63, 3.8) is 0 Å². The van der Waals surface area contributed by atoms with E-state index >= 15 is 0 Å². The van der Waals surface area contributed by atoms with Crippen LogP contribution in [0.2, 0.25) is 0 Å². The molecule has 1 heterocycles. The summed E-state index contributed by atoms with van der Waals surface area (Å²) in [6.45, 7) is 0.859. The van der Waals surface area contributed by atoms with Crippen LogP contribution in [0.5, 0.6) is 5.75 Å². The van der Waals surface area contributed by atoms with Gasteiger partial charge in [0.2, 0.25) is 22.3 Å². The number of nitrogens with one attached hydrogen (secondary N) is 2. The third-order valence-electron chi connectivity index (χ3n) is 5.71. The highest BCUT2D eigenvalue weighted by atomic mass is 32.2. The average Bonchev–Trinajstić information content (AvgIpc) is 3.63. The molecule has 1 amide bonds. The van der Waals surface area contributed by atoms with Crippen LogP contribution in [-0.4, -0.2) is 49.6 Å². The Morgan fingerprint density at radius 3 is 2.65 bits per heavy atom. The predicted octanol–water partition coefficient (Wildman–Crippen LogP) is 2.23. The fourth-order valence-corrected chi connectivity index (χ4v) is 4.90. The number of rotatable bonds is 11. The van der Waals surface area contributed by atoms with E-state index in [9.17, 15) is 22.7 Å². The number of carbonyl (C=O) groups is 1. The fourth-order valence-electron chi connectivity index (χ4n) is 3.64. The van der Waals surface area contributed by atoms with Crippen molar-refractivity contribution in [3.05, 3.63) is 77.8 Å². The summed E-state index contributed by atoms with van der Waals surface area (Å²) in [6.07, 6.45) is 4.04. The van der Waals surface area contributed by atoms with Gasteiger partial charge in [-0.15, -0.1) is 0 Å². The van der Waals surface area contributed by atoms with Crippen LogP contribution in [0.15, 0.2) is 60.8 Å². The second kappa shape index (κ2) is 10.5. The summed E-state index contributed by atoms with van der Waals surface area (Å²) in [7, 11) is -3.75. The van der Waals surface area contributed by atoms with E-state index in [1.807, 2.05) is 6.07 Å². The molecule has 4 rings (SSSR count). The molecule has 0 spiro atoms. The van der Waals surface area contributed by atoms with Gasteiger partial charge in [-0.05, 0) is 60.6 Å². The summed E-state index contributed by atoms with van der Waals surface area (Å²) in [4.78, 5) is 12.7. The molecule has 34 heavy (non-hydrogen) atoms. The van der Waals surface area contributed by atoms with E-state index in [4.69, 9.17) is 4.74 Å². The molecule has 3 N–H and O–H groups in total. The molecule has 1 fully saturated rings. The lowest BCUT2D eigenvalue weighted by atomic mass is 9.99. The van der Waals surface area contributed by atoms with Gasteiger partial charge in [-0.25, -0.2) is 17.5 Å². The van der Waals surface area contributed by atoms with Crippen LogP contribution in [0.3, 0.4) is 0 Å². The quantitative estimate of drug-likeness (QED) is 0.447. The van der Waals surface area contributed by atoms with E-state index in [0.29, 0.717) is 29.4 Å². The number of benzene rings is 2. The van der Waals surface area contributed by atoms with E-state index < -0.39 is 34.1 Å². The number of hydrogen-bond donors (Lipinski definition) is 3. The number of aliphatic hydroxyl groups excluding tert-OH is 1. The van der Waals surface area contributed by atoms with E-state index in [1.165, 1.54) is 29.3 Å². The smallest absolute Gasteiger partial charge is 0.248 e. The molecule has 0 bridgehead atoms. The van der Waals surface area contributed by atoms with Crippen molar-refractivity contribution in [3.8, 4) is 5.75 Å². The molecule has 8 nitrogen and oxygen atoms in total. The Kier molecular flexibility index (Phi) is 7.50. The summed E-state index contributed by atoms with van der Waals surface area (Å²) < 4.78 is 48.0. The molecule has 1 unspecified atom stereocenters. The van der Waals surface area contributed by atoms with Crippen molar-refractivity contribution >= 4 is 15.9 Å². The van der Waals surface area contributed by atoms with Crippen molar-refractivity contribution in [2.75, 3.05) is 18.9 Å². The summed E-state index contributed by atoms with van der Waals surface area (Å²) in [5.41, 5.74) is 1.28. The van der Waals surface area contributed by atoms with Crippen molar-refractivity contribution in [2.45, 2.75) is 31.7 Å². The third-order valence-corrected chi connectivity index (χ3v) is 7.13. The molecule has 2 aromatic rings. The number of nitrogens with zero attached hydrogens (tertiary/aromatic N) is 1. The average molecular weight is 490 g/mol. The zero-order chi connectivity index (χ0) is 24.1. The first-order valence-electron chi connectivity index (χ1n) is 11.2. The molecule has 0 radical (unpaired) electrons. The Morgan fingerprint density at radius 2 is 1.94 bits per heavy atom. The molecule has 2 aromatic carbocycles. The fraction of sp³-hybridized carbons (Fsp3) is 0.375. The van der Waals surface area contributed by atoms with Crippen molar-refractivity contribution < 1.29 is 27.4 Å². The third kappa shape index (κ3) is 6.78. The SMILES string of the molecule is O=C1C=CN(CCCS(=O)(=O)N[C@H](c2ccc(F)cc2)c2cccc(OCC3CC3)c2)C(O)N1. The number of sulfonamides is 1. The molecule has 1 saturated carbocycles. The Bertz CT molecular complexity index is 1140. The minimum absolute atomic E-state index is 0.201. The second-order valence-electron chi connectivity index (χ2n) is 8.54. The Hall–Kier alpha value is -2.95. The zero-order valence-electron chi connectivity index (χ0n) is 18.6. The molecule has 1 aliphatic heterocycles. The maximum atomic E-state index is 13.5. The van der Waals surface area contributed by atoms with Crippen molar-refractivity contribution in [1.82, 2.24) is 14.9 Å². The van der Waals surface area contributed by atoms with Gasteiger partial charge in [0.15, 0.2) is 0 Å². The van der Waals surface area contributed by atoms with E-state index in [2.05, 4.69) is 10.0 Å². The summed E-state index contributed by atoms with van der Waals surface area (Å²) in [5, 5.41) is 12.2. The second-order valence-corrected chi connectivity index (χ2v) is 10.4. The number of ether oxygens (including phenoxy) is 1. The minimum atomic E-state index is -3.75. The zero-order valence-corrected chi connectivity index (χ0v) is 19.4. The van der Waals surface area contributed by atoms with Crippen molar-refractivity contribution in [1.29, 1.82) is 0 Å². The number of carbonyl (C=O) groups excluding carboxylic acids is 1. The first kappa shape index (κ1) is 24.2. The standard InChI is InChI=1S/C24H28FN3O5S/c25-20-9-7-18(8-10-20)23(19-3-1-4-21(15-19)33-16-17-5-6-17)27-34(31,32)14-2-12-28-13-11-22(29)26-24(28)30/h1,3-4,7-11,13,15,17,23-24,27,30H,2,5-6,12,14,16H2,(H,26,29)/t23-,24?/m1/s1. The first-order valence-corrected chi connectivity index (χ1v) is 12.8. The van der Waals surface area contributed by atoms with E-state index in [1.54, 1.807) is 30.3 Å². The lowest BCUT2D eigenvalue weighted by Crippen LogP contribution is -2.48. The van der Waals surface area contributed by atoms with E-state index in [-0.39, 0.29) is 18.7 Å². The predicted molar refractivity (Wildman–Crippen MR) is 124 cm³/mol. The minimum Gasteiger partial charge on any atom is -0.493 e. The molecule has 10 heteroatoms. The van der Waals surface area contributed by atoms with Crippen LogP contribution in [-0.2, 0) is 14.8 Å². The van der Waals surface area contributed by atoms with Gasteiger partial charge in [0.1, 0.15) is 11.6 Å². The Labute approximate surface area is 198 Å². The summed E-state index contributed by atoms with van der Waals surface area (Å²) >= 11 is 0. The monoisotopic (exact) mass is 489 g/mol. The summed E-state index contributed by atoms with van der Waals surface area (Å²) in [5.74, 6) is 0.212. The molecule has 1 aliphatic carbocycles. The molecular weight excluding hydrogens is 461 g/mol. The number of halogens is 1. The molecule has 182 valence electrons. The molecular formula is C24H28FN3O5S. The maximum Gasteiger partial charge on any atom is 0.248 e.